The first kappa shape index (κ1) is 18.1. The predicted molar refractivity (Wildman–Crippen MR) is 104 cm³/mol. The summed E-state index contributed by atoms with van der Waals surface area (Å²) in [5.41, 5.74) is 2.19. The highest BCUT2D eigenvalue weighted by Gasteiger charge is 2.15. The molecule has 0 fully saturated rings. The van der Waals surface area contributed by atoms with Gasteiger partial charge in [-0.1, -0.05) is 30.3 Å². The highest BCUT2D eigenvalue weighted by molar-refractivity contribution is 8.02. The van der Waals surface area contributed by atoms with E-state index in [1.54, 1.807) is 41.4 Å². The van der Waals surface area contributed by atoms with Crippen molar-refractivity contribution in [3.8, 4) is 0 Å². The first-order valence-electron chi connectivity index (χ1n) is 8.35. The van der Waals surface area contributed by atoms with Gasteiger partial charge in [-0.25, -0.2) is 0 Å². The van der Waals surface area contributed by atoms with Crippen LogP contribution >= 0.6 is 11.8 Å². The molecule has 1 atom stereocenters. The normalized spacial score (nSPS) is 14.6. The Balaban J connectivity index is 1.59. The summed E-state index contributed by atoms with van der Waals surface area (Å²) in [6, 6.07) is 16.5. The zero-order chi connectivity index (χ0) is 18.4. The first-order chi connectivity index (χ1) is 12.6. The van der Waals surface area contributed by atoms with Crippen molar-refractivity contribution in [2.75, 3.05) is 17.7 Å². The summed E-state index contributed by atoms with van der Waals surface area (Å²) in [5, 5.41) is 7.45. The first-order valence-corrected chi connectivity index (χ1v) is 9.40. The molecule has 134 valence electrons. The number of ether oxygens (including phenoxy) is 1. The topological polar surface area (TPSA) is 67.4 Å². The largest absolute Gasteiger partial charge is 0.487 e. The van der Waals surface area contributed by atoms with E-state index >= 15 is 0 Å². The Morgan fingerprint density at radius 3 is 2.42 bits per heavy atom. The molecule has 26 heavy (non-hydrogen) atoms. The number of hydrogen-bond acceptors (Lipinski definition) is 4. The van der Waals surface area contributed by atoms with E-state index in [1.165, 1.54) is 0 Å². The molecule has 0 spiro atoms. The van der Waals surface area contributed by atoms with Crippen LogP contribution in [0.5, 0.6) is 0 Å². The van der Waals surface area contributed by atoms with Crippen molar-refractivity contribution in [1.29, 1.82) is 0 Å². The van der Waals surface area contributed by atoms with Crippen LogP contribution in [0.3, 0.4) is 0 Å². The third-order valence-corrected chi connectivity index (χ3v) is 4.71. The van der Waals surface area contributed by atoms with Gasteiger partial charge in [0.05, 0.1) is 12.6 Å². The van der Waals surface area contributed by atoms with Gasteiger partial charge in [-0.15, -0.1) is 11.8 Å². The molecule has 0 aliphatic carbocycles. The van der Waals surface area contributed by atoms with E-state index < -0.39 is 0 Å². The maximum absolute atomic E-state index is 12.4. The van der Waals surface area contributed by atoms with Crippen LogP contribution in [-0.4, -0.2) is 24.2 Å². The molecule has 2 amide bonds. The molecule has 0 saturated carbocycles. The Morgan fingerprint density at radius 2 is 1.77 bits per heavy atom. The molecule has 0 saturated heterocycles. The Morgan fingerprint density at radius 1 is 1.04 bits per heavy atom. The van der Waals surface area contributed by atoms with Gasteiger partial charge in [0, 0.05) is 22.4 Å². The van der Waals surface area contributed by atoms with Crippen LogP contribution in [0.4, 0.5) is 5.69 Å². The lowest BCUT2D eigenvalue weighted by Crippen LogP contribution is -2.26. The van der Waals surface area contributed by atoms with Gasteiger partial charge in [-0.2, -0.15) is 0 Å². The molecule has 1 heterocycles. The fourth-order valence-corrected chi connectivity index (χ4v) is 3.11. The second-order valence-electron chi connectivity index (χ2n) is 5.84. The van der Waals surface area contributed by atoms with Crippen LogP contribution in [0.15, 0.2) is 65.8 Å². The third kappa shape index (κ3) is 4.67. The molecule has 5 nitrogen and oxygen atoms in total. The molecule has 0 aromatic heterocycles. The number of anilines is 1. The minimum atomic E-state index is -0.285. The summed E-state index contributed by atoms with van der Waals surface area (Å²) in [5.74, 6) is 0.725. The molecular weight excluding hydrogens is 348 g/mol. The van der Waals surface area contributed by atoms with Crippen molar-refractivity contribution in [2.24, 2.45) is 0 Å². The summed E-state index contributed by atoms with van der Waals surface area (Å²) >= 11 is 1.55. The van der Waals surface area contributed by atoms with Crippen molar-refractivity contribution in [3.63, 3.8) is 0 Å². The van der Waals surface area contributed by atoms with Crippen LogP contribution < -0.4 is 10.6 Å². The number of amides is 2. The van der Waals surface area contributed by atoms with Crippen LogP contribution in [0.1, 0.15) is 28.9 Å². The molecular formula is C20H20N2O3S. The lowest BCUT2D eigenvalue weighted by Gasteiger charge is -2.15. The zero-order valence-corrected chi connectivity index (χ0v) is 15.2. The van der Waals surface area contributed by atoms with Gasteiger partial charge in [-0.05, 0) is 36.8 Å². The predicted octanol–water partition coefficient (Wildman–Crippen LogP) is 3.72. The molecule has 2 aromatic rings. The molecule has 2 aromatic carbocycles. The van der Waals surface area contributed by atoms with E-state index in [4.69, 9.17) is 4.74 Å². The number of carbonyl (C=O) groups is 2. The summed E-state index contributed by atoms with van der Waals surface area (Å²) in [7, 11) is 0. The van der Waals surface area contributed by atoms with Gasteiger partial charge in [-0.3, -0.25) is 9.59 Å². The minimum absolute atomic E-state index is 0.0871. The van der Waals surface area contributed by atoms with Crippen molar-refractivity contribution in [2.45, 2.75) is 13.0 Å². The Hall–Kier alpha value is -2.73. The number of benzene rings is 2. The van der Waals surface area contributed by atoms with Crippen LogP contribution in [0.2, 0.25) is 0 Å². The average molecular weight is 368 g/mol. The average Bonchev–Trinajstić information content (AvgIpc) is 2.69. The molecule has 3 rings (SSSR count). The number of hydrogen-bond donors (Lipinski definition) is 2. The Bertz CT molecular complexity index is 804. The van der Waals surface area contributed by atoms with E-state index in [9.17, 15) is 9.59 Å². The van der Waals surface area contributed by atoms with Crippen molar-refractivity contribution in [3.05, 3.63) is 76.9 Å². The van der Waals surface area contributed by atoms with Gasteiger partial charge in [0.15, 0.2) is 5.76 Å². The standard InChI is InChI=1S/C20H20N2O3S/c1-14(15-5-3-2-4-6-15)21-19(23)16-7-9-17(10-8-16)22-20(24)18-13-26-12-11-25-18/h2-10,13-14H,11-12H2,1H3,(H,21,23)(H,22,24). The second-order valence-corrected chi connectivity index (χ2v) is 6.82. The van der Waals surface area contributed by atoms with Crippen molar-refractivity contribution in [1.82, 2.24) is 5.32 Å². The molecule has 1 aliphatic rings. The highest BCUT2D eigenvalue weighted by Crippen LogP contribution is 2.18. The molecule has 1 unspecified atom stereocenters. The number of thioether (sulfide) groups is 1. The Kier molecular flexibility index (Phi) is 5.96. The summed E-state index contributed by atoms with van der Waals surface area (Å²) in [4.78, 5) is 24.5. The van der Waals surface area contributed by atoms with Gasteiger partial charge in [0.2, 0.25) is 0 Å². The van der Waals surface area contributed by atoms with Gasteiger partial charge < -0.3 is 15.4 Å². The van der Waals surface area contributed by atoms with E-state index in [0.717, 1.165) is 11.3 Å². The van der Waals surface area contributed by atoms with E-state index in [2.05, 4.69) is 10.6 Å². The lowest BCUT2D eigenvalue weighted by molar-refractivity contribution is -0.116. The van der Waals surface area contributed by atoms with E-state index in [-0.39, 0.29) is 17.9 Å². The smallest absolute Gasteiger partial charge is 0.291 e. The lowest BCUT2D eigenvalue weighted by atomic mass is 10.1. The van der Waals surface area contributed by atoms with E-state index in [1.807, 2.05) is 37.3 Å². The summed E-state index contributed by atoms with van der Waals surface area (Å²) < 4.78 is 5.32. The number of carbonyl (C=O) groups excluding carboxylic acids is 2. The zero-order valence-electron chi connectivity index (χ0n) is 14.4. The van der Waals surface area contributed by atoms with Crippen molar-refractivity contribution < 1.29 is 14.3 Å². The molecule has 0 radical (unpaired) electrons. The maximum atomic E-state index is 12.4. The molecule has 6 heteroatoms. The summed E-state index contributed by atoms with van der Waals surface area (Å²) in [6.07, 6.45) is 0. The maximum Gasteiger partial charge on any atom is 0.291 e. The molecule has 1 aliphatic heterocycles. The fourth-order valence-electron chi connectivity index (χ4n) is 2.49. The van der Waals surface area contributed by atoms with Gasteiger partial charge in [0.1, 0.15) is 0 Å². The van der Waals surface area contributed by atoms with Crippen LogP contribution in [0.25, 0.3) is 0 Å². The Labute approximate surface area is 156 Å². The van der Waals surface area contributed by atoms with Gasteiger partial charge in [0.25, 0.3) is 11.8 Å². The highest BCUT2D eigenvalue weighted by atomic mass is 32.2. The summed E-state index contributed by atoms with van der Waals surface area (Å²) in [6.45, 7) is 2.47. The van der Waals surface area contributed by atoms with E-state index in [0.29, 0.717) is 23.6 Å². The minimum Gasteiger partial charge on any atom is -0.487 e. The molecule has 0 bridgehead atoms. The quantitative estimate of drug-likeness (QED) is 0.844. The number of rotatable bonds is 5. The third-order valence-electron chi connectivity index (χ3n) is 3.93. The monoisotopic (exact) mass is 368 g/mol. The van der Waals surface area contributed by atoms with Crippen LogP contribution in [-0.2, 0) is 9.53 Å². The SMILES string of the molecule is CC(NC(=O)c1ccc(NC(=O)C2=CSCCO2)cc1)c1ccccc1. The van der Waals surface area contributed by atoms with Gasteiger partial charge >= 0.3 is 0 Å². The molecule has 2 N–H and O–H groups in total. The van der Waals surface area contributed by atoms with Crippen molar-refractivity contribution >= 4 is 29.3 Å². The number of nitrogens with one attached hydrogen (secondary N) is 2. The fraction of sp³-hybridized carbons (Fsp3) is 0.200. The van der Waals surface area contributed by atoms with Crippen LogP contribution in [0, 0.1) is 0 Å². The second kappa shape index (κ2) is 8.58.